The molecule has 6 atom stereocenters. The normalized spacial score (nSPS) is 33.7. The summed E-state index contributed by atoms with van der Waals surface area (Å²) < 4.78 is 62.7. The van der Waals surface area contributed by atoms with Gasteiger partial charge in [-0.2, -0.15) is 0 Å². The van der Waals surface area contributed by atoms with E-state index in [-0.39, 0.29) is 36.4 Å². The fraction of sp³-hybridized carbons (Fsp3) is 0.800. The molecule has 0 amide bonds. The van der Waals surface area contributed by atoms with Crippen molar-refractivity contribution in [3.05, 3.63) is 23.8 Å². The fourth-order valence-corrected chi connectivity index (χ4v) is 6.89. The highest BCUT2D eigenvalue weighted by atomic mass is 19.3. The molecule has 3 aliphatic heterocycles. The Balaban J connectivity index is 1.37. The van der Waals surface area contributed by atoms with Gasteiger partial charge < -0.3 is 9.84 Å². The van der Waals surface area contributed by atoms with Crippen LogP contribution in [0, 0.1) is 23.6 Å². The molecular formula is C25H37F4N5O2. The summed E-state index contributed by atoms with van der Waals surface area (Å²) >= 11 is 0. The maximum absolute atomic E-state index is 15.6. The van der Waals surface area contributed by atoms with Crippen molar-refractivity contribution >= 4 is 0 Å². The van der Waals surface area contributed by atoms with Crippen molar-refractivity contribution in [2.75, 3.05) is 46.0 Å². The summed E-state index contributed by atoms with van der Waals surface area (Å²) in [5.74, 6) is -2.92. The summed E-state index contributed by atoms with van der Waals surface area (Å²) in [6.07, 6.45) is 4.29. The zero-order valence-electron chi connectivity index (χ0n) is 20.7. The third kappa shape index (κ3) is 5.22. The van der Waals surface area contributed by atoms with Gasteiger partial charge in [-0.25, -0.2) is 13.2 Å². The molecule has 7 nitrogen and oxygen atoms in total. The number of aliphatic hydroxyl groups excluding tert-OH is 1. The molecule has 4 unspecified atom stereocenters. The van der Waals surface area contributed by atoms with Gasteiger partial charge in [0.1, 0.15) is 24.3 Å². The van der Waals surface area contributed by atoms with Crippen molar-refractivity contribution in [1.29, 1.82) is 0 Å². The zero-order valence-corrected chi connectivity index (χ0v) is 20.7. The van der Waals surface area contributed by atoms with Gasteiger partial charge >= 0.3 is 0 Å². The molecule has 4 heterocycles. The van der Waals surface area contributed by atoms with E-state index in [1.165, 1.54) is 12.3 Å². The van der Waals surface area contributed by atoms with Gasteiger partial charge in [-0.3, -0.25) is 30.0 Å². The average molecular weight is 516 g/mol. The lowest BCUT2D eigenvalue weighted by Gasteiger charge is -2.54. The molecule has 1 aromatic heterocycles. The predicted molar refractivity (Wildman–Crippen MR) is 126 cm³/mol. The largest absolute Gasteiger partial charge is 0.486 e. The number of aromatic nitrogens is 1. The first-order valence-electron chi connectivity index (χ1n) is 13.1. The number of likely N-dealkylation sites (tertiary alicyclic amines) is 2. The summed E-state index contributed by atoms with van der Waals surface area (Å²) in [4.78, 5) is 8.19. The SMILES string of the molecule is C[C@@H]1CC2C3CNNC3CCC2[C@@H](c2ncc(OC3CN(CCCF)C3)cc2F)N1CC(F)(F)CO. The number of halogens is 4. The fourth-order valence-electron chi connectivity index (χ4n) is 6.89. The Labute approximate surface area is 209 Å². The Bertz CT molecular complexity index is 905. The summed E-state index contributed by atoms with van der Waals surface area (Å²) in [6, 6.07) is 0.834. The molecule has 5 rings (SSSR count). The minimum Gasteiger partial charge on any atom is -0.486 e. The molecule has 3 saturated heterocycles. The number of hydrogen-bond acceptors (Lipinski definition) is 7. The van der Waals surface area contributed by atoms with Crippen molar-refractivity contribution in [3.8, 4) is 5.75 Å². The second-order valence-electron chi connectivity index (χ2n) is 11.0. The van der Waals surface area contributed by atoms with Crippen LogP contribution in [0.1, 0.15) is 44.3 Å². The molecule has 4 aliphatic rings. The van der Waals surface area contributed by atoms with E-state index >= 15 is 4.39 Å². The van der Waals surface area contributed by atoms with Crippen LogP contribution < -0.4 is 15.6 Å². The first-order chi connectivity index (χ1) is 17.3. The van der Waals surface area contributed by atoms with E-state index in [1.807, 2.05) is 6.92 Å². The predicted octanol–water partition coefficient (Wildman–Crippen LogP) is 2.52. The second kappa shape index (κ2) is 10.7. The molecule has 0 aromatic carbocycles. The van der Waals surface area contributed by atoms with Crippen LogP contribution >= 0.6 is 0 Å². The van der Waals surface area contributed by atoms with Crippen LogP contribution in [0.2, 0.25) is 0 Å². The molecule has 0 spiro atoms. The molecule has 202 valence electrons. The number of hydrogen-bond donors (Lipinski definition) is 3. The highest BCUT2D eigenvalue weighted by Crippen LogP contribution is 2.52. The van der Waals surface area contributed by atoms with E-state index in [1.54, 1.807) is 4.90 Å². The third-order valence-electron chi connectivity index (χ3n) is 8.60. The lowest BCUT2D eigenvalue weighted by molar-refractivity contribution is -0.120. The first kappa shape index (κ1) is 26.1. The smallest absolute Gasteiger partial charge is 0.283 e. The van der Waals surface area contributed by atoms with Gasteiger partial charge in [0.15, 0.2) is 0 Å². The maximum Gasteiger partial charge on any atom is 0.283 e. The second-order valence-corrected chi connectivity index (χ2v) is 11.0. The number of piperidine rings is 1. The third-order valence-corrected chi connectivity index (χ3v) is 8.60. The Kier molecular flexibility index (Phi) is 7.74. The van der Waals surface area contributed by atoms with Crippen LogP contribution in [0.4, 0.5) is 17.6 Å². The molecule has 1 saturated carbocycles. The highest BCUT2D eigenvalue weighted by Gasteiger charge is 2.52. The van der Waals surface area contributed by atoms with Crippen LogP contribution in [-0.2, 0) is 0 Å². The van der Waals surface area contributed by atoms with Gasteiger partial charge in [0.05, 0.1) is 31.2 Å². The van der Waals surface area contributed by atoms with E-state index in [4.69, 9.17) is 4.74 Å². The molecule has 1 aromatic rings. The number of pyridine rings is 1. The van der Waals surface area contributed by atoms with Gasteiger partial charge in [-0.05, 0) is 50.4 Å². The standard InChI is InChI=1S/C25H37F4N5O2/c1-15-7-19-18(3-4-22-20(19)10-31-32-22)24(34(15)13-25(28,29)14-35)23-21(27)8-16(9-30-23)36-17-11-33(12-17)6-2-5-26/h8-9,15,17-20,22,24,31-32,35H,2-7,10-14H2,1H3/t15-,18?,19?,20?,22?,24+/m1/s1. The number of alkyl halides is 3. The van der Waals surface area contributed by atoms with Crippen LogP contribution in [0.15, 0.2) is 12.3 Å². The zero-order chi connectivity index (χ0) is 25.4. The average Bonchev–Trinajstić information content (AvgIpc) is 3.31. The van der Waals surface area contributed by atoms with E-state index in [0.717, 1.165) is 25.8 Å². The Morgan fingerprint density at radius 2 is 2.03 bits per heavy atom. The number of fused-ring (bicyclic) bond motifs is 3. The van der Waals surface area contributed by atoms with E-state index in [0.29, 0.717) is 43.8 Å². The van der Waals surface area contributed by atoms with Crippen LogP contribution in [-0.4, -0.2) is 90.0 Å². The van der Waals surface area contributed by atoms with Gasteiger partial charge in [0.25, 0.3) is 5.92 Å². The lowest BCUT2D eigenvalue weighted by Crippen LogP contribution is -2.57. The number of ether oxygens (including phenoxy) is 1. The maximum atomic E-state index is 15.6. The van der Waals surface area contributed by atoms with Gasteiger partial charge in [0.2, 0.25) is 0 Å². The van der Waals surface area contributed by atoms with Crippen molar-refractivity contribution in [3.63, 3.8) is 0 Å². The van der Waals surface area contributed by atoms with Gasteiger partial charge in [-0.15, -0.1) is 0 Å². The monoisotopic (exact) mass is 515 g/mol. The quantitative estimate of drug-likeness (QED) is 0.437. The molecule has 4 fully saturated rings. The molecule has 0 radical (unpaired) electrons. The number of rotatable bonds is 9. The number of nitrogens with one attached hydrogen (secondary N) is 2. The van der Waals surface area contributed by atoms with Crippen molar-refractivity contribution in [1.82, 2.24) is 25.6 Å². The van der Waals surface area contributed by atoms with E-state index in [2.05, 4.69) is 20.7 Å². The van der Waals surface area contributed by atoms with E-state index in [9.17, 15) is 18.3 Å². The minimum atomic E-state index is -3.29. The van der Waals surface area contributed by atoms with Gasteiger partial charge in [0, 0.05) is 44.3 Å². The summed E-state index contributed by atoms with van der Waals surface area (Å²) in [6.45, 7) is 2.47. The first-order valence-corrected chi connectivity index (χ1v) is 13.1. The molecular weight excluding hydrogens is 478 g/mol. The molecule has 3 N–H and O–H groups in total. The van der Waals surface area contributed by atoms with E-state index < -0.39 is 30.9 Å². The number of nitrogens with zero attached hydrogens (tertiary/aromatic N) is 3. The number of aliphatic hydroxyl groups is 1. The topological polar surface area (TPSA) is 72.9 Å². The highest BCUT2D eigenvalue weighted by molar-refractivity contribution is 5.26. The molecule has 0 bridgehead atoms. The molecule has 11 heteroatoms. The van der Waals surface area contributed by atoms with Gasteiger partial charge in [-0.1, -0.05) is 0 Å². The minimum absolute atomic E-state index is 0.0110. The van der Waals surface area contributed by atoms with Crippen molar-refractivity contribution in [2.24, 2.45) is 17.8 Å². The van der Waals surface area contributed by atoms with Crippen molar-refractivity contribution in [2.45, 2.75) is 62.8 Å². The van der Waals surface area contributed by atoms with Crippen LogP contribution in [0.3, 0.4) is 0 Å². The Hall–Kier alpha value is -1.53. The lowest BCUT2D eigenvalue weighted by atomic mass is 9.62. The number of hydrazine groups is 1. The van der Waals surface area contributed by atoms with Crippen molar-refractivity contribution < 1.29 is 27.4 Å². The molecule has 1 aliphatic carbocycles. The summed E-state index contributed by atoms with van der Waals surface area (Å²) in [5, 5.41) is 9.27. The van der Waals surface area contributed by atoms with Crippen LogP contribution in [0.5, 0.6) is 5.75 Å². The summed E-state index contributed by atoms with van der Waals surface area (Å²) in [5.41, 5.74) is 6.75. The summed E-state index contributed by atoms with van der Waals surface area (Å²) in [7, 11) is 0. The Morgan fingerprint density at radius 3 is 2.75 bits per heavy atom. The Morgan fingerprint density at radius 1 is 1.22 bits per heavy atom. The van der Waals surface area contributed by atoms with Crippen LogP contribution in [0.25, 0.3) is 0 Å². The molecule has 36 heavy (non-hydrogen) atoms.